The van der Waals surface area contributed by atoms with Gasteiger partial charge in [-0.25, -0.2) is 4.57 Å². The molecule has 0 unspecified atom stereocenters. The van der Waals surface area contributed by atoms with Crippen molar-refractivity contribution >= 4 is 29.1 Å². The van der Waals surface area contributed by atoms with E-state index in [2.05, 4.69) is 5.32 Å². The molecule has 1 N–H and O–H groups in total. The van der Waals surface area contributed by atoms with Gasteiger partial charge in [-0.1, -0.05) is 47.5 Å². The zero-order valence-corrected chi connectivity index (χ0v) is 16.8. The normalized spacial score (nSPS) is 10.6. The van der Waals surface area contributed by atoms with Crippen LogP contribution in [0.3, 0.4) is 0 Å². The summed E-state index contributed by atoms with van der Waals surface area (Å²) < 4.78 is 0.819. The monoisotopic (exact) mass is 425 g/mol. The van der Waals surface area contributed by atoms with Gasteiger partial charge >= 0.3 is 0 Å². The van der Waals surface area contributed by atoms with Gasteiger partial charge in [0.15, 0.2) is 6.19 Å². The van der Waals surface area contributed by atoms with Crippen LogP contribution in [0.4, 0.5) is 0 Å². The number of pyridine rings is 1. The molecule has 0 aliphatic heterocycles. The van der Waals surface area contributed by atoms with Crippen molar-refractivity contribution in [2.24, 2.45) is 0 Å². The van der Waals surface area contributed by atoms with Crippen LogP contribution in [0.25, 0.3) is 0 Å². The second-order valence-electron chi connectivity index (χ2n) is 6.43. The van der Waals surface area contributed by atoms with Crippen LogP contribution in [0, 0.1) is 11.5 Å². The summed E-state index contributed by atoms with van der Waals surface area (Å²) in [5.41, 5.74) is 1.92. The van der Waals surface area contributed by atoms with E-state index in [1.54, 1.807) is 6.19 Å². The number of carbonyl (C=O) groups is 1. The Morgan fingerprint density at radius 3 is 2.03 bits per heavy atom. The van der Waals surface area contributed by atoms with Crippen LogP contribution < -0.4 is 10.9 Å². The fourth-order valence-electron chi connectivity index (χ4n) is 3.05. The Morgan fingerprint density at radius 2 is 1.52 bits per heavy atom. The van der Waals surface area contributed by atoms with E-state index in [0.29, 0.717) is 23.0 Å². The summed E-state index contributed by atoms with van der Waals surface area (Å²) in [5.74, 6) is -0.308. The number of rotatable bonds is 6. The molecule has 1 heterocycles. The van der Waals surface area contributed by atoms with Gasteiger partial charge in [0.1, 0.15) is 0 Å². The molecule has 0 spiro atoms. The molecule has 0 radical (unpaired) electrons. The lowest BCUT2D eigenvalue weighted by Crippen LogP contribution is -2.27. The first-order chi connectivity index (χ1) is 14.0. The average molecular weight is 426 g/mol. The minimum Gasteiger partial charge on any atom is -0.352 e. The van der Waals surface area contributed by atoms with Gasteiger partial charge in [0, 0.05) is 34.8 Å². The van der Waals surface area contributed by atoms with Crippen molar-refractivity contribution in [3.63, 3.8) is 0 Å². The van der Waals surface area contributed by atoms with Crippen molar-refractivity contribution in [1.29, 1.82) is 5.26 Å². The maximum absolute atomic E-state index is 12.4. The van der Waals surface area contributed by atoms with E-state index in [-0.39, 0.29) is 17.4 Å². The minimum atomic E-state index is -0.477. The molecule has 29 heavy (non-hydrogen) atoms. The van der Waals surface area contributed by atoms with Crippen LogP contribution in [0.2, 0.25) is 10.0 Å². The van der Waals surface area contributed by atoms with Crippen molar-refractivity contribution < 1.29 is 4.79 Å². The summed E-state index contributed by atoms with van der Waals surface area (Å²) in [4.78, 5) is 23.9. The van der Waals surface area contributed by atoms with E-state index >= 15 is 0 Å². The zero-order valence-electron chi connectivity index (χ0n) is 15.3. The summed E-state index contributed by atoms with van der Waals surface area (Å²) in [6, 6.07) is 17.8. The molecule has 7 heteroatoms. The molecule has 3 aromatic rings. The van der Waals surface area contributed by atoms with E-state index in [4.69, 9.17) is 28.5 Å². The van der Waals surface area contributed by atoms with Crippen molar-refractivity contribution in [1.82, 2.24) is 9.88 Å². The smallest absolute Gasteiger partial charge is 0.263 e. The fraction of sp³-hybridized carbons (Fsp3) is 0.136. The predicted octanol–water partition coefficient (Wildman–Crippen LogP) is 4.44. The van der Waals surface area contributed by atoms with Gasteiger partial charge in [0.2, 0.25) is 0 Å². The standard InChI is InChI=1S/C22H17Cl2N3O2/c23-18-6-1-15(2-7-18)20(16-3-8-19(24)9-4-16)11-12-26-22(29)17-5-10-21(28)27(13-17)14-25/h1-10,13,20H,11-12H2,(H,26,29). The molecule has 0 atom stereocenters. The third kappa shape index (κ3) is 5.26. The minimum absolute atomic E-state index is 0.0397. The lowest BCUT2D eigenvalue weighted by Gasteiger charge is -2.19. The number of nitrogens with one attached hydrogen (secondary N) is 1. The molecular formula is C22H17Cl2N3O2. The lowest BCUT2D eigenvalue weighted by molar-refractivity contribution is 0.0952. The predicted molar refractivity (Wildman–Crippen MR) is 113 cm³/mol. The number of carbonyl (C=O) groups excluding carboxylic acids is 1. The lowest BCUT2D eigenvalue weighted by atomic mass is 9.88. The maximum atomic E-state index is 12.4. The number of hydrogen-bond donors (Lipinski definition) is 1. The Bertz CT molecular complexity index is 1060. The van der Waals surface area contributed by atoms with Crippen molar-refractivity contribution in [3.8, 4) is 6.19 Å². The molecule has 0 aliphatic carbocycles. The molecule has 5 nitrogen and oxygen atoms in total. The van der Waals surface area contributed by atoms with Crippen LogP contribution in [0.5, 0.6) is 0 Å². The zero-order chi connectivity index (χ0) is 20.8. The molecular weight excluding hydrogens is 409 g/mol. The first-order valence-corrected chi connectivity index (χ1v) is 9.65. The molecule has 3 rings (SSSR count). The van der Waals surface area contributed by atoms with Crippen LogP contribution in [0.15, 0.2) is 71.7 Å². The number of aromatic nitrogens is 1. The van der Waals surface area contributed by atoms with Crippen LogP contribution in [0.1, 0.15) is 33.8 Å². The molecule has 0 fully saturated rings. The molecule has 0 bridgehead atoms. The number of benzene rings is 2. The summed E-state index contributed by atoms with van der Waals surface area (Å²) in [6.45, 7) is 0.403. The summed E-state index contributed by atoms with van der Waals surface area (Å²) in [5, 5.41) is 13.1. The number of amides is 1. The van der Waals surface area contributed by atoms with Crippen molar-refractivity contribution in [2.45, 2.75) is 12.3 Å². The van der Waals surface area contributed by atoms with Gasteiger partial charge < -0.3 is 5.32 Å². The largest absolute Gasteiger partial charge is 0.352 e. The summed E-state index contributed by atoms with van der Waals surface area (Å²) in [6.07, 6.45) is 3.59. The number of halogens is 2. The number of hydrogen-bond acceptors (Lipinski definition) is 3. The second-order valence-corrected chi connectivity index (χ2v) is 7.30. The quantitative estimate of drug-likeness (QED) is 0.634. The molecule has 0 aliphatic rings. The van der Waals surface area contributed by atoms with Gasteiger partial charge in [-0.3, -0.25) is 9.59 Å². The van der Waals surface area contributed by atoms with E-state index in [0.717, 1.165) is 15.7 Å². The summed E-state index contributed by atoms with van der Waals surface area (Å²) in [7, 11) is 0. The summed E-state index contributed by atoms with van der Waals surface area (Å²) >= 11 is 12.0. The first kappa shape index (κ1) is 20.7. The van der Waals surface area contributed by atoms with Gasteiger partial charge in [-0.2, -0.15) is 5.26 Å². The van der Waals surface area contributed by atoms with Crippen LogP contribution in [-0.4, -0.2) is 17.0 Å². The number of nitrogens with zero attached hydrogens (tertiary/aromatic N) is 2. The van der Waals surface area contributed by atoms with E-state index in [1.807, 2.05) is 48.5 Å². The second kappa shape index (κ2) is 9.42. The average Bonchev–Trinajstić information content (AvgIpc) is 2.73. The Labute approximate surface area is 178 Å². The van der Waals surface area contributed by atoms with Crippen LogP contribution in [-0.2, 0) is 0 Å². The maximum Gasteiger partial charge on any atom is 0.263 e. The van der Waals surface area contributed by atoms with E-state index in [9.17, 15) is 9.59 Å². The molecule has 2 aromatic carbocycles. The Kier molecular flexibility index (Phi) is 6.71. The Hall–Kier alpha value is -3.07. The molecule has 0 saturated heterocycles. The topological polar surface area (TPSA) is 74.9 Å². The van der Waals surface area contributed by atoms with Gasteiger partial charge in [-0.15, -0.1) is 0 Å². The highest BCUT2D eigenvalue weighted by atomic mass is 35.5. The highest BCUT2D eigenvalue weighted by molar-refractivity contribution is 6.30. The molecule has 1 amide bonds. The molecule has 0 saturated carbocycles. The van der Waals surface area contributed by atoms with E-state index < -0.39 is 5.56 Å². The van der Waals surface area contributed by atoms with Crippen LogP contribution >= 0.6 is 23.2 Å². The fourth-order valence-corrected chi connectivity index (χ4v) is 3.30. The molecule has 1 aromatic heterocycles. The van der Waals surface area contributed by atoms with Gasteiger partial charge in [-0.05, 0) is 47.9 Å². The highest BCUT2D eigenvalue weighted by Crippen LogP contribution is 2.29. The number of nitriles is 1. The third-order valence-electron chi connectivity index (χ3n) is 4.54. The Balaban J connectivity index is 1.74. The van der Waals surface area contributed by atoms with E-state index in [1.165, 1.54) is 18.3 Å². The Morgan fingerprint density at radius 1 is 0.966 bits per heavy atom. The first-order valence-electron chi connectivity index (χ1n) is 8.90. The third-order valence-corrected chi connectivity index (χ3v) is 5.05. The van der Waals surface area contributed by atoms with Crippen molar-refractivity contribution in [3.05, 3.63) is 104 Å². The van der Waals surface area contributed by atoms with Crippen molar-refractivity contribution in [2.75, 3.05) is 6.54 Å². The van der Waals surface area contributed by atoms with Gasteiger partial charge in [0.05, 0.1) is 5.56 Å². The van der Waals surface area contributed by atoms with Gasteiger partial charge in [0.25, 0.3) is 11.5 Å². The SMILES string of the molecule is N#Cn1cc(C(=O)NCCC(c2ccc(Cl)cc2)c2ccc(Cl)cc2)ccc1=O. The highest BCUT2D eigenvalue weighted by Gasteiger charge is 2.15. The molecule has 146 valence electrons.